The minimum Gasteiger partial charge on any atom is -0.469 e. The normalized spacial score (nSPS) is 12.2. The van der Waals surface area contributed by atoms with Crippen molar-refractivity contribution in [1.82, 2.24) is 9.55 Å². The maximum Gasteiger partial charge on any atom is 0.309 e. The number of hydrogen-bond acceptors (Lipinski definition) is 3. The van der Waals surface area contributed by atoms with Crippen LogP contribution in [0.1, 0.15) is 26.2 Å². The van der Waals surface area contributed by atoms with Crippen LogP contribution in [-0.4, -0.2) is 22.6 Å². The zero-order chi connectivity index (χ0) is 16.7. The molecule has 2 heterocycles. The zero-order valence-corrected chi connectivity index (χ0v) is 15.0. The third-order valence-corrected chi connectivity index (χ3v) is 3.91. The number of carbonyl (C=O) groups excluding carboxylic acids is 1. The van der Waals surface area contributed by atoms with E-state index in [0.717, 1.165) is 34.9 Å². The largest absolute Gasteiger partial charge is 0.469 e. The number of rotatable bonds is 7. The van der Waals surface area contributed by atoms with Crippen LogP contribution in [0, 0.1) is 0 Å². The first kappa shape index (κ1) is 17.5. The topological polar surface area (TPSA) is 44.1 Å². The molecule has 0 saturated heterocycles. The van der Waals surface area contributed by atoms with Crippen LogP contribution in [0.2, 0.25) is 0 Å². The lowest BCUT2D eigenvalue weighted by molar-refractivity contribution is -0.139. The molecule has 122 valence electrons. The first-order valence-corrected chi connectivity index (χ1v) is 8.46. The Kier molecular flexibility index (Phi) is 6.59. The van der Waals surface area contributed by atoms with Crippen LogP contribution < -0.4 is 0 Å². The third kappa shape index (κ3) is 5.06. The van der Waals surface area contributed by atoms with Crippen LogP contribution in [-0.2, 0) is 16.1 Å². The Bertz CT molecular complexity index is 732. The Morgan fingerprint density at radius 3 is 3.04 bits per heavy atom. The monoisotopic (exact) mass is 376 g/mol. The van der Waals surface area contributed by atoms with Gasteiger partial charge in [-0.2, -0.15) is 0 Å². The molecule has 0 unspecified atom stereocenters. The fraction of sp³-hybridized carbons (Fsp3) is 0.333. The highest BCUT2D eigenvalue weighted by atomic mass is 79.9. The molecule has 0 spiro atoms. The van der Waals surface area contributed by atoms with Crippen LogP contribution in [0.15, 0.2) is 52.8 Å². The highest BCUT2D eigenvalue weighted by Gasteiger charge is 2.04. The molecule has 0 saturated carbocycles. The van der Waals surface area contributed by atoms with Gasteiger partial charge in [-0.3, -0.25) is 9.78 Å². The number of aromatic nitrogens is 2. The second kappa shape index (κ2) is 8.67. The molecule has 0 aliphatic rings. The van der Waals surface area contributed by atoms with Gasteiger partial charge < -0.3 is 9.30 Å². The summed E-state index contributed by atoms with van der Waals surface area (Å²) < 4.78 is 7.79. The van der Waals surface area contributed by atoms with Gasteiger partial charge in [-0.15, -0.1) is 0 Å². The maximum absolute atomic E-state index is 11.2. The van der Waals surface area contributed by atoms with Crippen molar-refractivity contribution in [1.29, 1.82) is 0 Å². The zero-order valence-electron chi connectivity index (χ0n) is 13.5. The number of halogens is 1. The summed E-state index contributed by atoms with van der Waals surface area (Å²) in [5.74, 6) is -0.226. The lowest BCUT2D eigenvalue weighted by Crippen LogP contribution is -2.00. The van der Waals surface area contributed by atoms with E-state index in [1.54, 1.807) is 6.20 Å². The summed E-state index contributed by atoms with van der Waals surface area (Å²) in [5, 5.41) is 0. The van der Waals surface area contributed by atoms with Gasteiger partial charge in [-0.25, -0.2) is 0 Å². The van der Waals surface area contributed by atoms with Gasteiger partial charge in [-0.1, -0.05) is 31.6 Å². The number of hydrogen-bond donors (Lipinski definition) is 0. The molecule has 2 aromatic rings. The van der Waals surface area contributed by atoms with Crippen molar-refractivity contribution in [2.45, 2.75) is 32.7 Å². The van der Waals surface area contributed by atoms with Crippen LogP contribution in [0.25, 0.3) is 11.0 Å². The molecule has 0 aromatic carbocycles. The standard InChI is InChI=1S/C18H21BrN2O2/c1-3-4-6-14(7-5-8-18(22)23-2)13-21-10-9-16-17(21)11-15(19)12-20-16/h5-7,9-12H,3-4,8,13H2,1-2H3/b7-5-,14-6+. The lowest BCUT2D eigenvalue weighted by atomic mass is 10.1. The Morgan fingerprint density at radius 2 is 2.30 bits per heavy atom. The van der Waals surface area contributed by atoms with E-state index in [-0.39, 0.29) is 5.97 Å². The van der Waals surface area contributed by atoms with Crippen molar-refractivity contribution in [3.05, 3.63) is 52.8 Å². The molecule has 0 fully saturated rings. The molecule has 0 radical (unpaired) electrons. The average molecular weight is 377 g/mol. The molecule has 4 nitrogen and oxygen atoms in total. The Morgan fingerprint density at radius 1 is 1.48 bits per heavy atom. The van der Waals surface area contributed by atoms with Crippen LogP contribution in [0.5, 0.6) is 0 Å². The number of esters is 1. The average Bonchev–Trinajstić information content (AvgIpc) is 2.94. The predicted molar refractivity (Wildman–Crippen MR) is 96.2 cm³/mol. The van der Waals surface area contributed by atoms with Gasteiger partial charge in [0.25, 0.3) is 0 Å². The van der Waals surface area contributed by atoms with Crippen LogP contribution in [0.4, 0.5) is 0 Å². The minimum atomic E-state index is -0.226. The number of methoxy groups -OCH3 is 1. The molecular weight excluding hydrogens is 356 g/mol. The molecule has 2 aromatic heterocycles. The van der Waals surface area contributed by atoms with E-state index in [1.165, 1.54) is 12.7 Å². The first-order valence-electron chi connectivity index (χ1n) is 7.66. The molecule has 0 aliphatic heterocycles. The van der Waals surface area contributed by atoms with E-state index in [9.17, 15) is 4.79 Å². The number of ether oxygens (including phenoxy) is 1. The second-order valence-electron chi connectivity index (χ2n) is 5.25. The van der Waals surface area contributed by atoms with Gasteiger partial charge in [0, 0.05) is 23.4 Å². The Hall–Kier alpha value is -1.88. The molecule has 0 amide bonds. The summed E-state index contributed by atoms with van der Waals surface area (Å²) in [6, 6.07) is 4.08. The fourth-order valence-corrected chi connectivity index (χ4v) is 2.60. The number of allylic oxidation sites excluding steroid dienone is 3. The number of nitrogens with zero attached hydrogens (tertiary/aromatic N) is 2. The highest BCUT2D eigenvalue weighted by molar-refractivity contribution is 9.10. The van der Waals surface area contributed by atoms with Crippen molar-refractivity contribution >= 4 is 32.9 Å². The van der Waals surface area contributed by atoms with Gasteiger partial charge in [-0.05, 0) is 40.1 Å². The minimum absolute atomic E-state index is 0.226. The summed E-state index contributed by atoms with van der Waals surface area (Å²) in [4.78, 5) is 15.6. The van der Waals surface area contributed by atoms with Crippen LogP contribution in [0.3, 0.4) is 0 Å². The van der Waals surface area contributed by atoms with Gasteiger partial charge in [0.1, 0.15) is 0 Å². The Balaban J connectivity index is 2.19. The summed E-state index contributed by atoms with van der Waals surface area (Å²) in [7, 11) is 1.40. The number of pyridine rings is 1. The maximum atomic E-state index is 11.2. The molecule has 23 heavy (non-hydrogen) atoms. The summed E-state index contributed by atoms with van der Waals surface area (Å²) >= 11 is 3.47. The van der Waals surface area contributed by atoms with E-state index in [0.29, 0.717) is 6.42 Å². The SMILES string of the molecule is CCC/C=C(\C=C/CC(=O)OC)Cn1ccc2ncc(Br)cc21. The highest BCUT2D eigenvalue weighted by Crippen LogP contribution is 2.20. The number of carbonyl (C=O) groups is 1. The van der Waals surface area contributed by atoms with E-state index in [4.69, 9.17) is 0 Å². The van der Waals surface area contributed by atoms with E-state index >= 15 is 0 Å². The van der Waals surface area contributed by atoms with Crippen molar-refractivity contribution in [3.63, 3.8) is 0 Å². The predicted octanol–water partition coefficient (Wildman–Crippen LogP) is 4.64. The number of unbranched alkanes of at least 4 members (excludes halogenated alkanes) is 1. The van der Waals surface area contributed by atoms with Gasteiger partial charge in [0.05, 0.1) is 24.6 Å². The summed E-state index contributed by atoms with van der Waals surface area (Å²) in [6.07, 6.45) is 12.3. The molecule has 0 bridgehead atoms. The van der Waals surface area contributed by atoms with Gasteiger partial charge in [0.2, 0.25) is 0 Å². The van der Waals surface area contributed by atoms with Crippen molar-refractivity contribution in [2.75, 3.05) is 7.11 Å². The summed E-state index contributed by atoms with van der Waals surface area (Å²) in [5.41, 5.74) is 3.23. The number of fused-ring (bicyclic) bond motifs is 1. The second-order valence-corrected chi connectivity index (χ2v) is 6.17. The van der Waals surface area contributed by atoms with Gasteiger partial charge >= 0.3 is 5.97 Å². The van der Waals surface area contributed by atoms with Crippen molar-refractivity contribution in [3.8, 4) is 0 Å². The van der Waals surface area contributed by atoms with E-state index in [1.807, 2.05) is 24.4 Å². The van der Waals surface area contributed by atoms with Crippen LogP contribution >= 0.6 is 15.9 Å². The summed E-state index contributed by atoms with van der Waals surface area (Å²) in [6.45, 7) is 2.90. The molecule has 0 N–H and O–H groups in total. The fourth-order valence-electron chi connectivity index (χ4n) is 2.28. The quantitative estimate of drug-likeness (QED) is 0.521. The van der Waals surface area contributed by atoms with Gasteiger partial charge in [0.15, 0.2) is 0 Å². The molecular formula is C18H21BrN2O2. The molecule has 0 atom stereocenters. The van der Waals surface area contributed by atoms with Crippen molar-refractivity contribution < 1.29 is 9.53 Å². The lowest BCUT2D eigenvalue weighted by Gasteiger charge is -2.07. The van der Waals surface area contributed by atoms with Crippen molar-refractivity contribution in [2.24, 2.45) is 0 Å². The van der Waals surface area contributed by atoms with E-state index in [2.05, 4.69) is 49.3 Å². The smallest absolute Gasteiger partial charge is 0.309 e. The first-order chi connectivity index (χ1) is 11.1. The molecule has 5 heteroatoms. The molecule has 0 aliphatic carbocycles. The third-order valence-electron chi connectivity index (χ3n) is 3.48. The van der Waals surface area contributed by atoms with E-state index < -0.39 is 0 Å². The molecule has 2 rings (SSSR count). The Labute approximate surface area is 145 Å².